The number of imidazole rings is 1. The monoisotopic (exact) mass is 610 g/mol. The summed E-state index contributed by atoms with van der Waals surface area (Å²) in [6.45, 7) is 5.33. The molecule has 0 bridgehead atoms. The van der Waals surface area contributed by atoms with Crippen LogP contribution in [0.1, 0.15) is 20.3 Å². The Morgan fingerprint density at radius 2 is 1.78 bits per heavy atom. The molecular weight excluding hydrogens is 578 g/mol. The number of pyridine rings is 3. The van der Waals surface area contributed by atoms with Gasteiger partial charge in [0, 0.05) is 48.7 Å². The van der Waals surface area contributed by atoms with Gasteiger partial charge in [0.1, 0.15) is 22.7 Å². The highest BCUT2D eigenvalue weighted by Gasteiger charge is 2.22. The first kappa shape index (κ1) is 29.8. The number of aromatic nitrogens is 7. The third kappa shape index (κ3) is 6.34. The zero-order valence-corrected chi connectivity index (χ0v) is 25.2. The van der Waals surface area contributed by atoms with Crippen molar-refractivity contribution in [3.05, 3.63) is 66.8 Å². The maximum absolute atomic E-state index is 16.2. The fourth-order valence-corrected chi connectivity index (χ4v) is 5.08. The van der Waals surface area contributed by atoms with Crippen LogP contribution in [0, 0.1) is 17.6 Å². The van der Waals surface area contributed by atoms with Gasteiger partial charge in [-0.1, -0.05) is 13.8 Å². The van der Waals surface area contributed by atoms with E-state index in [0.29, 0.717) is 63.5 Å². The molecule has 13 heteroatoms. The van der Waals surface area contributed by atoms with E-state index in [1.807, 2.05) is 38.9 Å². The summed E-state index contributed by atoms with van der Waals surface area (Å²) >= 11 is 0. The molecule has 6 aromatic rings. The Balaban J connectivity index is 1.37. The molecule has 0 spiro atoms. The van der Waals surface area contributed by atoms with Gasteiger partial charge in [-0.25, -0.2) is 13.8 Å². The molecule has 6 rings (SSSR count). The first-order valence-electron chi connectivity index (χ1n) is 14.5. The maximum Gasteiger partial charge on any atom is 0.224 e. The van der Waals surface area contributed by atoms with Crippen LogP contribution in [0.2, 0.25) is 0 Å². The van der Waals surface area contributed by atoms with Gasteiger partial charge in [-0.15, -0.1) is 0 Å². The number of rotatable bonds is 10. The molecule has 230 valence electrons. The second kappa shape index (κ2) is 12.4. The number of H-pyrrole nitrogens is 2. The summed E-state index contributed by atoms with van der Waals surface area (Å²) in [5, 5.41) is 13.4. The van der Waals surface area contributed by atoms with Gasteiger partial charge in [0.25, 0.3) is 0 Å². The number of nitrogens with one attached hydrogen (secondary N) is 4. The Bertz CT molecular complexity index is 2020. The summed E-state index contributed by atoms with van der Waals surface area (Å²) in [5.74, 6) is -0.698. The minimum atomic E-state index is -0.624. The van der Waals surface area contributed by atoms with Gasteiger partial charge in [-0.05, 0) is 50.3 Å². The molecule has 5 aromatic heterocycles. The van der Waals surface area contributed by atoms with Crippen molar-refractivity contribution in [1.29, 1.82) is 0 Å². The lowest BCUT2D eigenvalue weighted by molar-refractivity contribution is -0.116. The van der Waals surface area contributed by atoms with Crippen LogP contribution in [0.3, 0.4) is 0 Å². The van der Waals surface area contributed by atoms with Gasteiger partial charge in [-0.3, -0.25) is 24.8 Å². The van der Waals surface area contributed by atoms with E-state index in [4.69, 9.17) is 4.98 Å². The molecule has 0 aliphatic carbocycles. The predicted octanol–water partition coefficient (Wildman–Crippen LogP) is 5.86. The Morgan fingerprint density at radius 3 is 2.58 bits per heavy atom. The number of amides is 1. The molecule has 0 saturated carbocycles. The number of halogens is 2. The highest BCUT2D eigenvalue weighted by atomic mass is 19.1. The third-order valence-electron chi connectivity index (χ3n) is 7.12. The zero-order valence-electron chi connectivity index (χ0n) is 25.2. The molecule has 1 amide bonds. The standard InChI is InChI=1S/C32H32F2N10O/c1-17(2)9-25(45)39-22-12-19(14-35-15-22)28-27(34)26-24(16-38-28)42-43-31(26)32-40-23-5-6-37-29(30(23)41-32)18-10-20(33)13-21(11-18)36-7-8-44(3)4/h5-6,10-17,36H,7-9H2,1-4H3,(H,39,45)(H,40,41)(H,42,43). The van der Waals surface area contributed by atoms with Gasteiger partial charge >= 0.3 is 0 Å². The number of hydrogen-bond donors (Lipinski definition) is 4. The Hall–Kier alpha value is -5.30. The van der Waals surface area contributed by atoms with Crippen LogP contribution in [0.4, 0.5) is 20.2 Å². The predicted molar refractivity (Wildman–Crippen MR) is 170 cm³/mol. The van der Waals surface area contributed by atoms with Crippen LogP contribution >= 0.6 is 0 Å². The number of likely N-dealkylation sites (N-methyl/N-ethyl adjacent to an activating group) is 1. The van der Waals surface area contributed by atoms with Crippen molar-refractivity contribution in [2.24, 2.45) is 5.92 Å². The molecule has 4 N–H and O–H groups in total. The summed E-state index contributed by atoms with van der Waals surface area (Å²) in [5.41, 5.74) is 4.24. The van der Waals surface area contributed by atoms with Crippen molar-refractivity contribution in [3.8, 4) is 34.0 Å². The van der Waals surface area contributed by atoms with Gasteiger partial charge in [0.05, 0.1) is 40.2 Å². The lowest BCUT2D eigenvalue weighted by atomic mass is 10.1. The van der Waals surface area contributed by atoms with Crippen LogP contribution < -0.4 is 10.6 Å². The molecule has 0 saturated heterocycles. The first-order valence-corrected chi connectivity index (χ1v) is 14.5. The van der Waals surface area contributed by atoms with Crippen molar-refractivity contribution < 1.29 is 13.6 Å². The van der Waals surface area contributed by atoms with Gasteiger partial charge in [-0.2, -0.15) is 5.10 Å². The minimum absolute atomic E-state index is 0.0464. The van der Waals surface area contributed by atoms with E-state index in [1.54, 1.807) is 18.3 Å². The quantitative estimate of drug-likeness (QED) is 0.151. The minimum Gasteiger partial charge on any atom is -0.384 e. The van der Waals surface area contributed by atoms with Crippen LogP contribution in [0.15, 0.2) is 55.1 Å². The van der Waals surface area contributed by atoms with Gasteiger partial charge < -0.3 is 20.5 Å². The SMILES string of the molecule is CC(C)CC(=O)Nc1cncc(-c2ncc3[nH]nc(-c4nc5c(-c6cc(F)cc(NCCN(C)C)c6)nccc5[nH]4)c3c2F)c1. The molecule has 45 heavy (non-hydrogen) atoms. The van der Waals surface area contributed by atoms with Crippen LogP contribution in [-0.2, 0) is 4.79 Å². The lowest BCUT2D eigenvalue weighted by Gasteiger charge is -2.12. The lowest BCUT2D eigenvalue weighted by Crippen LogP contribution is -2.20. The van der Waals surface area contributed by atoms with E-state index in [0.717, 1.165) is 6.54 Å². The van der Waals surface area contributed by atoms with Crippen molar-refractivity contribution >= 4 is 39.2 Å². The van der Waals surface area contributed by atoms with E-state index < -0.39 is 11.6 Å². The smallest absolute Gasteiger partial charge is 0.224 e. The Labute approximate surface area is 257 Å². The fraction of sp³-hybridized carbons (Fsp3) is 0.250. The van der Waals surface area contributed by atoms with Crippen molar-refractivity contribution in [3.63, 3.8) is 0 Å². The van der Waals surface area contributed by atoms with E-state index in [9.17, 15) is 9.18 Å². The molecule has 0 atom stereocenters. The number of nitrogens with zero attached hydrogens (tertiary/aromatic N) is 6. The number of aromatic amines is 2. The highest BCUT2D eigenvalue weighted by Crippen LogP contribution is 2.35. The average Bonchev–Trinajstić information content (AvgIpc) is 3.61. The highest BCUT2D eigenvalue weighted by molar-refractivity contribution is 5.98. The average molecular weight is 611 g/mol. The second-order valence-corrected chi connectivity index (χ2v) is 11.5. The number of carbonyl (C=O) groups excluding carboxylic acids is 1. The normalized spacial score (nSPS) is 11.6. The van der Waals surface area contributed by atoms with Crippen LogP contribution in [0.5, 0.6) is 0 Å². The number of benzene rings is 1. The molecule has 1 aromatic carbocycles. The number of hydrogen-bond acceptors (Lipinski definition) is 8. The van der Waals surface area contributed by atoms with E-state index >= 15 is 4.39 Å². The summed E-state index contributed by atoms with van der Waals surface area (Å²) in [4.78, 5) is 35.3. The Kier molecular flexibility index (Phi) is 8.18. The molecule has 11 nitrogen and oxygen atoms in total. The number of anilines is 2. The van der Waals surface area contributed by atoms with E-state index in [1.165, 1.54) is 30.7 Å². The summed E-state index contributed by atoms with van der Waals surface area (Å²) in [7, 11) is 3.94. The van der Waals surface area contributed by atoms with E-state index in [-0.39, 0.29) is 28.6 Å². The van der Waals surface area contributed by atoms with Crippen LogP contribution in [-0.4, -0.2) is 73.1 Å². The third-order valence-corrected chi connectivity index (χ3v) is 7.12. The zero-order chi connectivity index (χ0) is 31.7. The second-order valence-electron chi connectivity index (χ2n) is 11.5. The van der Waals surface area contributed by atoms with Gasteiger partial charge in [0.2, 0.25) is 5.91 Å². The number of carbonyl (C=O) groups is 1. The van der Waals surface area contributed by atoms with Crippen molar-refractivity contribution in [2.75, 3.05) is 37.8 Å². The first-order chi connectivity index (χ1) is 21.7. The summed E-state index contributed by atoms with van der Waals surface area (Å²) in [6, 6.07) is 8.04. The van der Waals surface area contributed by atoms with Crippen molar-refractivity contribution in [1.82, 2.24) is 40.0 Å². The van der Waals surface area contributed by atoms with Crippen molar-refractivity contribution in [2.45, 2.75) is 20.3 Å². The van der Waals surface area contributed by atoms with Crippen LogP contribution in [0.25, 0.3) is 56.0 Å². The Morgan fingerprint density at radius 1 is 0.956 bits per heavy atom. The fourth-order valence-electron chi connectivity index (χ4n) is 5.08. The molecule has 0 fully saturated rings. The molecular formula is C32H32F2N10O. The maximum atomic E-state index is 16.2. The van der Waals surface area contributed by atoms with E-state index in [2.05, 4.69) is 40.8 Å². The molecule has 0 unspecified atom stereocenters. The summed E-state index contributed by atoms with van der Waals surface area (Å²) < 4.78 is 30.9. The topological polar surface area (TPSA) is 140 Å². The van der Waals surface area contributed by atoms with Gasteiger partial charge in [0.15, 0.2) is 11.6 Å². The molecule has 0 radical (unpaired) electrons. The number of fused-ring (bicyclic) bond motifs is 2. The molecule has 0 aliphatic rings. The largest absolute Gasteiger partial charge is 0.384 e. The summed E-state index contributed by atoms with van der Waals surface area (Å²) in [6.07, 6.45) is 6.43. The molecule has 0 aliphatic heterocycles. The molecule has 5 heterocycles.